The first-order valence-electron chi connectivity index (χ1n) is 22.4. The molecule has 5 heteroatoms. The number of nitrogens with zero attached hydrogens (tertiary/aromatic N) is 2. The molecular weight excluding hydrogens is 725 g/mol. The van der Waals surface area contributed by atoms with Crippen LogP contribution in [0.15, 0.2) is 103 Å². The Hall–Kier alpha value is -5.16. The minimum absolute atomic E-state index is 0.0972. The summed E-state index contributed by atoms with van der Waals surface area (Å²) in [5.74, 6) is -1.18. The topological polar surface area (TPSA) is 51.5 Å². The molecule has 5 nitrogen and oxygen atoms in total. The van der Waals surface area contributed by atoms with E-state index in [0.29, 0.717) is 16.5 Å². The largest absolute Gasteiger partial charge is 0.386 e. The lowest BCUT2D eigenvalue weighted by Crippen LogP contribution is -2.20. The summed E-state index contributed by atoms with van der Waals surface area (Å²) in [6, 6.07) is 34.8. The summed E-state index contributed by atoms with van der Waals surface area (Å²) in [6.45, 7) is 17.1. The first kappa shape index (κ1) is 42.0. The fourth-order valence-electron chi connectivity index (χ4n) is 9.20. The number of fused-ring (bicyclic) bond motifs is 1. The van der Waals surface area contributed by atoms with Gasteiger partial charge in [0.15, 0.2) is 0 Å². The van der Waals surface area contributed by atoms with Crippen molar-refractivity contribution in [2.45, 2.75) is 143 Å². The number of benzene rings is 5. The van der Waals surface area contributed by atoms with Crippen molar-refractivity contribution in [3.05, 3.63) is 126 Å². The zero-order valence-electron chi connectivity index (χ0n) is 36.6. The maximum absolute atomic E-state index is 13.6. The van der Waals surface area contributed by atoms with Crippen LogP contribution in [-0.2, 0) is 22.1 Å². The van der Waals surface area contributed by atoms with Crippen molar-refractivity contribution in [1.29, 1.82) is 0 Å². The maximum Gasteiger partial charge on any atom is 0.347 e. The number of unbranched alkanes of at least 4 members (excludes halogenated alkanes) is 7. The molecule has 0 fully saturated rings. The number of anilines is 3. The van der Waals surface area contributed by atoms with Crippen molar-refractivity contribution in [3.63, 3.8) is 0 Å². The highest BCUT2D eigenvalue weighted by Gasteiger charge is 2.31. The summed E-state index contributed by atoms with van der Waals surface area (Å²) < 4.78 is 7.71. The summed E-state index contributed by atoms with van der Waals surface area (Å²) >= 11 is 0. The van der Waals surface area contributed by atoms with Gasteiger partial charge in [0.25, 0.3) is 0 Å². The van der Waals surface area contributed by atoms with Crippen LogP contribution in [-0.4, -0.2) is 16.5 Å². The Morgan fingerprint density at radius 2 is 1.14 bits per heavy atom. The fourth-order valence-corrected chi connectivity index (χ4v) is 9.20. The Labute approximate surface area is 352 Å². The zero-order valence-corrected chi connectivity index (χ0v) is 36.6. The van der Waals surface area contributed by atoms with Gasteiger partial charge in [-0.1, -0.05) is 161 Å². The molecule has 1 aromatic heterocycles. The maximum atomic E-state index is 13.6. The van der Waals surface area contributed by atoms with Crippen LogP contribution in [0.4, 0.5) is 17.1 Å². The van der Waals surface area contributed by atoms with Gasteiger partial charge in [0.1, 0.15) is 0 Å². The number of ether oxygens (including phenoxy) is 1. The zero-order chi connectivity index (χ0) is 41.7. The lowest BCUT2D eigenvalue weighted by atomic mass is 9.80. The van der Waals surface area contributed by atoms with Gasteiger partial charge in [-0.15, -0.1) is 0 Å². The Bertz CT molecular complexity index is 2350. The molecule has 0 saturated heterocycles. The molecule has 0 saturated carbocycles. The summed E-state index contributed by atoms with van der Waals surface area (Å²) in [4.78, 5) is 28.8. The van der Waals surface area contributed by atoms with Gasteiger partial charge >= 0.3 is 11.9 Å². The normalized spacial score (nSPS) is 13.1. The van der Waals surface area contributed by atoms with Crippen LogP contribution < -0.4 is 4.90 Å². The molecule has 6 aromatic rings. The van der Waals surface area contributed by atoms with E-state index in [2.05, 4.69) is 131 Å². The van der Waals surface area contributed by atoms with E-state index in [0.717, 1.165) is 63.9 Å². The molecule has 0 unspecified atom stereocenters. The van der Waals surface area contributed by atoms with Gasteiger partial charge in [0.2, 0.25) is 0 Å². The molecule has 0 N–H and O–H groups in total. The lowest BCUT2D eigenvalue weighted by Gasteiger charge is -2.30. The number of rotatable bonds is 19. The van der Waals surface area contributed by atoms with Crippen molar-refractivity contribution in [2.75, 3.05) is 4.90 Å². The second-order valence-electron chi connectivity index (χ2n) is 18.2. The predicted octanol–water partition coefficient (Wildman–Crippen LogP) is 15.5. The lowest BCUT2D eigenvalue weighted by molar-refractivity contribution is 0.0391. The van der Waals surface area contributed by atoms with Gasteiger partial charge in [0.05, 0.1) is 16.6 Å². The molecule has 7 rings (SSSR count). The summed E-state index contributed by atoms with van der Waals surface area (Å²) in [5, 5.41) is 2.60. The third-order valence-corrected chi connectivity index (χ3v) is 12.9. The minimum Gasteiger partial charge on any atom is -0.386 e. The van der Waals surface area contributed by atoms with Crippen LogP contribution in [0.2, 0.25) is 0 Å². The van der Waals surface area contributed by atoms with E-state index in [1.807, 2.05) is 24.3 Å². The number of esters is 2. The van der Waals surface area contributed by atoms with Crippen molar-refractivity contribution >= 4 is 50.7 Å². The van der Waals surface area contributed by atoms with E-state index in [4.69, 9.17) is 4.74 Å². The first-order chi connectivity index (χ1) is 28.5. The van der Waals surface area contributed by atoms with Crippen molar-refractivity contribution in [3.8, 4) is 11.1 Å². The smallest absolute Gasteiger partial charge is 0.347 e. The van der Waals surface area contributed by atoms with Crippen LogP contribution in [0.5, 0.6) is 0 Å². The molecule has 1 aliphatic heterocycles. The molecule has 0 bridgehead atoms. The van der Waals surface area contributed by atoms with Gasteiger partial charge in [-0.3, -0.25) is 0 Å². The first-order valence-corrected chi connectivity index (χ1v) is 22.4. The van der Waals surface area contributed by atoms with Gasteiger partial charge in [-0.25, -0.2) is 9.59 Å². The van der Waals surface area contributed by atoms with Crippen molar-refractivity contribution in [2.24, 2.45) is 0 Å². The average molecular weight is 789 g/mol. The second-order valence-corrected chi connectivity index (χ2v) is 18.2. The molecule has 0 aliphatic carbocycles. The van der Waals surface area contributed by atoms with Crippen LogP contribution in [0.3, 0.4) is 0 Å². The SMILES string of the molecule is CCCCCCn1cc(-c2ccc3cccc4c3c2C(=O)OC4=O)c2ccc(N(c3ccc(C(C)(C)CCCCC)cc3)c3ccc(C(C)(C)CCCCC)cc3)cc21. The number of hydrogen-bond donors (Lipinski definition) is 0. The molecule has 2 heterocycles. The highest BCUT2D eigenvalue weighted by atomic mass is 16.6. The Kier molecular flexibility index (Phi) is 12.8. The molecule has 0 spiro atoms. The standard InChI is InChI=1S/C54H64N2O3/c1-8-11-14-17-35-55-37-47(45-31-21-38-19-18-20-46-49(38)50(45)52(58)59-51(46)57)44-32-30-43(36-48(44)55)56(41-26-22-39(23-27-41)53(4,5)33-15-12-9-2)42-28-24-40(25-29-42)54(6,7)34-16-13-10-3/h18-32,36-37H,8-17,33-35H2,1-7H3. The molecular formula is C54H64N2O3. The molecule has 1 aliphatic rings. The molecule has 0 atom stereocenters. The third kappa shape index (κ3) is 8.76. The summed E-state index contributed by atoms with van der Waals surface area (Å²) in [7, 11) is 0. The van der Waals surface area contributed by atoms with E-state index in [-0.39, 0.29) is 10.8 Å². The van der Waals surface area contributed by atoms with E-state index in [1.165, 1.54) is 75.3 Å². The Morgan fingerprint density at radius 1 is 0.559 bits per heavy atom. The molecule has 0 radical (unpaired) electrons. The molecule has 5 aromatic carbocycles. The van der Waals surface area contributed by atoms with E-state index in [9.17, 15) is 9.59 Å². The van der Waals surface area contributed by atoms with Gasteiger partial charge in [0, 0.05) is 46.1 Å². The van der Waals surface area contributed by atoms with Gasteiger partial charge < -0.3 is 14.2 Å². The predicted molar refractivity (Wildman–Crippen MR) is 248 cm³/mol. The molecule has 308 valence electrons. The van der Waals surface area contributed by atoms with Crippen LogP contribution >= 0.6 is 0 Å². The Morgan fingerprint density at radius 3 is 1.73 bits per heavy atom. The van der Waals surface area contributed by atoms with Crippen molar-refractivity contribution < 1.29 is 14.3 Å². The number of hydrogen-bond acceptors (Lipinski definition) is 4. The summed E-state index contributed by atoms with van der Waals surface area (Å²) in [5.41, 5.74) is 10.0. The minimum atomic E-state index is -0.588. The number of carbonyl (C=O) groups excluding carboxylic acids is 2. The quantitative estimate of drug-likeness (QED) is 0.0466. The Balaban J connectivity index is 1.36. The molecule has 59 heavy (non-hydrogen) atoms. The second kappa shape index (κ2) is 18.0. The van der Waals surface area contributed by atoms with E-state index >= 15 is 0 Å². The van der Waals surface area contributed by atoms with E-state index in [1.54, 1.807) is 6.07 Å². The van der Waals surface area contributed by atoms with Crippen LogP contribution in [0.1, 0.15) is 157 Å². The number of carbonyl (C=O) groups is 2. The highest BCUT2D eigenvalue weighted by molar-refractivity contribution is 6.24. The highest BCUT2D eigenvalue weighted by Crippen LogP contribution is 2.43. The van der Waals surface area contributed by atoms with Crippen LogP contribution in [0, 0.1) is 0 Å². The number of aryl methyl sites for hydroxylation is 1. The monoisotopic (exact) mass is 788 g/mol. The van der Waals surface area contributed by atoms with Crippen molar-refractivity contribution in [1.82, 2.24) is 4.57 Å². The van der Waals surface area contributed by atoms with E-state index < -0.39 is 11.9 Å². The third-order valence-electron chi connectivity index (χ3n) is 12.9. The average Bonchev–Trinajstić information content (AvgIpc) is 3.59. The number of cyclic esters (lactones) is 2. The van der Waals surface area contributed by atoms with Crippen LogP contribution in [0.25, 0.3) is 32.8 Å². The van der Waals surface area contributed by atoms with Gasteiger partial charge in [-0.2, -0.15) is 0 Å². The van der Waals surface area contributed by atoms with Gasteiger partial charge in [-0.05, 0) is 94.6 Å². The fraction of sp³-hybridized carbons (Fsp3) is 0.407. The molecule has 0 amide bonds. The number of aromatic nitrogens is 1. The summed E-state index contributed by atoms with van der Waals surface area (Å²) in [6.07, 6.45) is 16.6.